The monoisotopic (exact) mass is 183 g/mol. The number of likely N-dealkylation sites (N-methyl/N-ethyl adjacent to an activating group) is 1. The lowest BCUT2D eigenvalue weighted by Crippen LogP contribution is -2.41. The third-order valence-corrected chi connectivity index (χ3v) is 2.70. The van der Waals surface area contributed by atoms with E-state index >= 15 is 0 Å². The zero-order valence-corrected chi connectivity index (χ0v) is 8.12. The number of carboxylic acids is 1. The molecule has 3 nitrogen and oxygen atoms in total. The predicted octanol–water partition coefficient (Wildman–Crippen LogP) is 1.50. The van der Waals surface area contributed by atoms with Crippen molar-refractivity contribution in [3.63, 3.8) is 0 Å². The molecule has 1 aliphatic heterocycles. The summed E-state index contributed by atoms with van der Waals surface area (Å²) in [5.74, 6) is -0.856. The molecule has 1 saturated heterocycles. The van der Waals surface area contributed by atoms with Crippen molar-refractivity contribution in [3.8, 4) is 0 Å². The maximum atomic E-state index is 10.7. The summed E-state index contributed by atoms with van der Waals surface area (Å²) < 4.78 is 0. The fourth-order valence-corrected chi connectivity index (χ4v) is 1.91. The van der Waals surface area contributed by atoms with Gasteiger partial charge in [-0.3, -0.25) is 4.90 Å². The van der Waals surface area contributed by atoms with E-state index in [9.17, 15) is 4.79 Å². The summed E-state index contributed by atoms with van der Waals surface area (Å²) in [7, 11) is 0. The van der Waals surface area contributed by atoms with Crippen molar-refractivity contribution in [2.24, 2.45) is 0 Å². The summed E-state index contributed by atoms with van der Waals surface area (Å²) in [6.45, 7) is 7.62. The number of hydrogen-bond donors (Lipinski definition) is 1. The van der Waals surface area contributed by atoms with Gasteiger partial charge in [0.05, 0.1) is 0 Å². The third-order valence-electron chi connectivity index (χ3n) is 2.70. The highest BCUT2D eigenvalue weighted by atomic mass is 16.4. The van der Waals surface area contributed by atoms with E-state index in [0.29, 0.717) is 5.57 Å². The van der Waals surface area contributed by atoms with E-state index in [1.165, 1.54) is 6.42 Å². The van der Waals surface area contributed by atoms with Crippen LogP contribution in [0.5, 0.6) is 0 Å². The second-order valence-corrected chi connectivity index (χ2v) is 3.47. The van der Waals surface area contributed by atoms with Gasteiger partial charge in [0.25, 0.3) is 0 Å². The zero-order chi connectivity index (χ0) is 9.84. The number of carbonyl (C=O) groups is 1. The molecular formula is C10H17NO2. The summed E-state index contributed by atoms with van der Waals surface area (Å²) >= 11 is 0. The van der Waals surface area contributed by atoms with Gasteiger partial charge in [-0.15, -0.1) is 0 Å². The van der Waals surface area contributed by atoms with Gasteiger partial charge in [-0.25, -0.2) is 4.79 Å². The summed E-state index contributed by atoms with van der Waals surface area (Å²) in [5, 5.41) is 8.82. The van der Waals surface area contributed by atoms with E-state index in [1.807, 2.05) is 0 Å². The molecule has 13 heavy (non-hydrogen) atoms. The lowest BCUT2D eigenvalue weighted by molar-refractivity contribution is -0.133. The molecule has 1 rings (SSSR count). The molecule has 0 amide bonds. The largest absolute Gasteiger partial charge is 0.478 e. The van der Waals surface area contributed by atoms with Crippen molar-refractivity contribution in [2.75, 3.05) is 13.1 Å². The predicted molar refractivity (Wildman–Crippen MR) is 51.7 cm³/mol. The smallest absolute Gasteiger partial charge is 0.332 e. The highest BCUT2D eigenvalue weighted by Crippen LogP contribution is 2.21. The molecule has 0 bridgehead atoms. The standard InChI is InChI=1S/C10H17NO2/c1-3-11-7-5-4-6-9(11)8(2)10(12)13/h9H,2-7H2,1H3,(H,12,13). The molecular weight excluding hydrogens is 166 g/mol. The molecule has 0 spiro atoms. The first-order valence-electron chi connectivity index (χ1n) is 4.83. The lowest BCUT2D eigenvalue weighted by atomic mass is 9.96. The molecule has 0 aromatic carbocycles. The van der Waals surface area contributed by atoms with Gasteiger partial charge in [0.2, 0.25) is 0 Å². The summed E-state index contributed by atoms with van der Waals surface area (Å²) in [6.07, 6.45) is 3.24. The molecule has 3 heteroatoms. The second kappa shape index (κ2) is 4.42. The lowest BCUT2D eigenvalue weighted by Gasteiger charge is -2.34. The molecule has 0 aliphatic carbocycles. The van der Waals surface area contributed by atoms with E-state index < -0.39 is 5.97 Å². The average molecular weight is 183 g/mol. The van der Waals surface area contributed by atoms with E-state index in [4.69, 9.17) is 5.11 Å². The zero-order valence-electron chi connectivity index (χ0n) is 8.12. The van der Waals surface area contributed by atoms with E-state index in [0.717, 1.165) is 25.9 Å². The van der Waals surface area contributed by atoms with Crippen LogP contribution in [0.1, 0.15) is 26.2 Å². The van der Waals surface area contributed by atoms with E-state index in [2.05, 4.69) is 18.4 Å². The SMILES string of the molecule is C=C(C(=O)O)C1CCCCN1CC. The Morgan fingerprint density at radius 1 is 1.62 bits per heavy atom. The topological polar surface area (TPSA) is 40.5 Å². The Balaban J connectivity index is 2.64. The quantitative estimate of drug-likeness (QED) is 0.674. The Bertz CT molecular complexity index is 213. The van der Waals surface area contributed by atoms with Crippen molar-refractivity contribution in [1.29, 1.82) is 0 Å². The molecule has 0 aromatic rings. The Hall–Kier alpha value is -0.830. The number of nitrogens with zero attached hydrogens (tertiary/aromatic N) is 1. The summed E-state index contributed by atoms with van der Waals surface area (Å²) in [4.78, 5) is 12.9. The molecule has 1 N–H and O–H groups in total. The highest BCUT2D eigenvalue weighted by Gasteiger charge is 2.26. The normalized spacial score (nSPS) is 24.2. The molecule has 1 fully saturated rings. The minimum atomic E-state index is -0.856. The fraction of sp³-hybridized carbons (Fsp3) is 0.700. The van der Waals surface area contributed by atoms with Gasteiger partial charge in [0.15, 0.2) is 0 Å². The Labute approximate surface area is 79.0 Å². The molecule has 1 aliphatic rings. The molecule has 1 heterocycles. The average Bonchev–Trinajstić information content (AvgIpc) is 2.16. The van der Waals surface area contributed by atoms with Crippen LogP contribution in [0.4, 0.5) is 0 Å². The van der Waals surface area contributed by atoms with Gasteiger partial charge in [-0.2, -0.15) is 0 Å². The van der Waals surface area contributed by atoms with Crippen LogP contribution < -0.4 is 0 Å². The van der Waals surface area contributed by atoms with Crippen LogP contribution in [0.3, 0.4) is 0 Å². The molecule has 74 valence electrons. The van der Waals surface area contributed by atoms with Crippen molar-refractivity contribution >= 4 is 5.97 Å². The van der Waals surface area contributed by atoms with Crippen LogP contribution in [0.15, 0.2) is 12.2 Å². The molecule has 1 unspecified atom stereocenters. The molecule has 0 saturated carbocycles. The first kappa shape index (κ1) is 10.3. The van der Waals surface area contributed by atoms with Crippen LogP contribution in [0.2, 0.25) is 0 Å². The minimum Gasteiger partial charge on any atom is -0.478 e. The van der Waals surface area contributed by atoms with Gasteiger partial charge in [0, 0.05) is 11.6 Å². The van der Waals surface area contributed by atoms with Gasteiger partial charge >= 0.3 is 5.97 Å². The Morgan fingerprint density at radius 3 is 2.85 bits per heavy atom. The number of hydrogen-bond acceptors (Lipinski definition) is 2. The van der Waals surface area contributed by atoms with Crippen LogP contribution in [-0.4, -0.2) is 35.1 Å². The number of rotatable bonds is 3. The second-order valence-electron chi connectivity index (χ2n) is 3.47. The maximum absolute atomic E-state index is 10.7. The van der Waals surface area contributed by atoms with Crippen LogP contribution in [0, 0.1) is 0 Å². The number of aliphatic carboxylic acids is 1. The Morgan fingerprint density at radius 2 is 2.31 bits per heavy atom. The minimum absolute atomic E-state index is 0.0660. The number of likely N-dealkylation sites (tertiary alicyclic amines) is 1. The maximum Gasteiger partial charge on any atom is 0.332 e. The van der Waals surface area contributed by atoms with Gasteiger partial charge in [-0.1, -0.05) is 19.9 Å². The molecule has 0 radical (unpaired) electrons. The van der Waals surface area contributed by atoms with Crippen LogP contribution in [-0.2, 0) is 4.79 Å². The fourth-order valence-electron chi connectivity index (χ4n) is 1.91. The van der Waals surface area contributed by atoms with Gasteiger partial charge in [-0.05, 0) is 25.9 Å². The molecule has 1 atom stereocenters. The Kier molecular flexibility index (Phi) is 3.48. The number of carboxylic acid groups (broad SMARTS) is 1. The third kappa shape index (κ3) is 2.31. The van der Waals surface area contributed by atoms with Crippen LogP contribution >= 0.6 is 0 Å². The number of piperidine rings is 1. The molecule has 0 aromatic heterocycles. The first-order chi connectivity index (χ1) is 6.16. The van der Waals surface area contributed by atoms with E-state index in [-0.39, 0.29) is 6.04 Å². The van der Waals surface area contributed by atoms with Crippen molar-refractivity contribution in [3.05, 3.63) is 12.2 Å². The highest BCUT2D eigenvalue weighted by molar-refractivity contribution is 5.87. The summed E-state index contributed by atoms with van der Waals surface area (Å²) in [6, 6.07) is 0.0660. The van der Waals surface area contributed by atoms with Gasteiger partial charge in [0.1, 0.15) is 0 Å². The van der Waals surface area contributed by atoms with Gasteiger partial charge < -0.3 is 5.11 Å². The van der Waals surface area contributed by atoms with E-state index in [1.54, 1.807) is 0 Å². The van der Waals surface area contributed by atoms with Crippen LogP contribution in [0.25, 0.3) is 0 Å². The van der Waals surface area contributed by atoms with Crippen molar-refractivity contribution < 1.29 is 9.90 Å². The van der Waals surface area contributed by atoms with Crippen molar-refractivity contribution in [2.45, 2.75) is 32.2 Å². The van der Waals surface area contributed by atoms with Crippen molar-refractivity contribution in [1.82, 2.24) is 4.90 Å². The first-order valence-corrected chi connectivity index (χ1v) is 4.83. The summed E-state index contributed by atoms with van der Waals surface area (Å²) in [5.41, 5.74) is 0.349.